The van der Waals surface area contributed by atoms with Gasteiger partial charge in [0, 0.05) is 60.3 Å². The molecule has 37 heavy (non-hydrogen) atoms. The molecule has 2 N–H and O–H groups in total. The summed E-state index contributed by atoms with van der Waals surface area (Å²) in [5.74, 6) is 0.255. The highest BCUT2D eigenvalue weighted by molar-refractivity contribution is 5.97. The van der Waals surface area contributed by atoms with Gasteiger partial charge in [0.2, 0.25) is 5.95 Å². The molecule has 1 amide bonds. The van der Waals surface area contributed by atoms with E-state index in [1.165, 1.54) is 5.69 Å². The Hall–Kier alpha value is -4.48. The molecule has 1 fully saturated rings. The van der Waals surface area contributed by atoms with Gasteiger partial charge >= 0.3 is 0 Å². The molecule has 0 atom stereocenters. The lowest BCUT2D eigenvalue weighted by Gasteiger charge is -2.35. The zero-order valence-corrected chi connectivity index (χ0v) is 20.8. The van der Waals surface area contributed by atoms with Crippen molar-refractivity contribution >= 4 is 34.1 Å². The van der Waals surface area contributed by atoms with Gasteiger partial charge < -0.3 is 20.4 Å². The molecule has 3 aromatic carbocycles. The first kappa shape index (κ1) is 24.2. The van der Waals surface area contributed by atoms with Crippen LogP contribution >= 0.6 is 0 Å². The average Bonchev–Trinajstić information content (AvgIpc) is 2.96. The molecule has 0 radical (unpaired) electrons. The molecule has 5 rings (SSSR count). The predicted molar refractivity (Wildman–Crippen MR) is 147 cm³/mol. The van der Waals surface area contributed by atoms with Gasteiger partial charge in [-0.05, 0) is 48.5 Å². The quantitative estimate of drug-likeness (QED) is 0.369. The van der Waals surface area contributed by atoms with Crippen LogP contribution in [-0.2, 0) is 0 Å². The van der Waals surface area contributed by atoms with Gasteiger partial charge in [-0.25, -0.2) is 9.97 Å². The van der Waals surface area contributed by atoms with Crippen LogP contribution in [-0.4, -0.2) is 60.0 Å². The zero-order valence-electron chi connectivity index (χ0n) is 20.8. The number of anilines is 3. The molecule has 0 unspecified atom stereocenters. The highest BCUT2D eigenvalue weighted by Gasteiger charge is 2.16. The van der Waals surface area contributed by atoms with E-state index < -0.39 is 0 Å². The largest absolute Gasteiger partial charge is 0.369 e. The molecule has 8 heteroatoms. The molecular formula is C29H29N7O. The van der Waals surface area contributed by atoms with E-state index in [2.05, 4.69) is 56.6 Å². The highest BCUT2D eigenvalue weighted by Crippen LogP contribution is 2.29. The van der Waals surface area contributed by atoms with E-state index in [-0.39, 0.29) is 12.5 Å². The third kappa shape index (κ3) is 5.52. The minimum Gasteiger partial charge on any atom is -0.369 e. The Kier molecular flexibility index (Phi) is 7.24. The molecule has 0 aliphatic carbocycles. The molecule has 0 saturated carbocycles. The Morgan fingerprint density at radius 1 is 1.00 bits per heavy atom. The molecular weight excluding hydrogens is 462 g/mol. The van der Waals surface area contributed by atoms with E-state index in [1.807, 2.05) is 42.6 Å². The van der Waals surface area contributed by atoms with Crippen LogP contribution < -0.4 is 15.5 Å². The Morgan fingerprint density at radius 2 is 1.76 bits per heavy atom. The fourth-order valence-corrected chi connectivity index (χ4v) is 4.58. The number of hydrogen-bond donors (Lipinski definition) is 2. The van der Waals surface area contributed by atoms with Gasteiger partial charge in [0.15, 0.2) is 0 Å². The standard InChI is InChI=1S/C29H29N7O/c1-2-35-16-18-36(19-17-35)25-12-10-24(11-13-25)33-29-32-20-23-4-3-5-26(27(23)34-29)21-6-8-22(9-7-21)28(37)31-15-14-30/h3-13,20H,2,15-19H2,1H3,(H,31,37)(H,32,33,34). The fourth-order valence-electron chi connectivity index (χ4n) is 4.58. The first-order valence-electron chi connectivity index (χ1n) is 12.5. The van der Waals surface area contributed by atoms with Crippen LogP contribution in [0.25, 0.3) is 22.0 Å². The van der Waals surface area contributed by atoms with Gasteiger partial charge in [0.05, 0.1) is 11.6 Å². The number of nitrogens with one attached hydrogen (secondary N) is 2. The number of hydrogen-bond acceptors (Lipinski definition) is 7. The lowest BCUT2D eigenvalue weighted by molar-refractivity contribution is 0.0958. The van der Waals surface area contributed by atoms with Gasteiger partial charge in [-0.15, -0.1) is 0 Å². The second kappa shape index (κ2) is 11.1. The molecule has 186 valence electrons. The molecule has 1 saturated heterocycles. The van der Waals surface area contributed by atoms with Gasteiger partial charge in [0.25, 0.3) is 5.91 Å². The summed E-state index contributed by atoms with van der Waals surface area (Å²) in [4.78, 5) is 26.4. The Labute approximate surface area is 216 Å². The van der Waals surface area contributed by atoms with E-state index in [0.717, 1.165) is 60.4 Å². The van der Waals surface area contributed by atoms with Crippen molar-refractivity contribution in [2.75, 3.05) is 49.5 Å². The number of amides is 1. The first-order valence-corrected chi connectivity index (χ1v) is 12.5. The summed E-state index contributed by atoms with van der Waals surface area (Å²) in [5.41, 5.74) is 5.39. The van der Waals surface area contributed by atoms with Crippen LogP contribution in [0.4, 0.5) is 17.3 Å². The fraction of sp³-hybridized carbons (Fsp3) is 0.241. The van der Waals surface area contributed by atoms with Gasteiger partial charge in [0.1, 0.15) is 6.54 Å². The third-order valence-electron chi connectivity index (χ3n) is 6.71. The van der Waals surface area contributed by atoms with Crippen molar-refractivity contribution in [1.82, 2.24) is 20.2 Å². The van der Waals surface area contributed by atoms with Gasteiger partial charge in [-0.3, -0.25) is 4.79 Å². The monoisotopic (exact) mass is 491 g/mol. The lowest BCUT2D eigenvalue weighted by atomic mass is 10.0. The van der Waals surface area contributed by atoms with E-state index >= 15 is 0 Å². The maximum atomic E-state index is 12.1. The van der Waals surface area contributed by atoms with E-state index in [9.17, 15) is 4.79 Å². The van der Waals surface area contributed by atoms with Crippen LogP contribution in [0.1, 0.15) is 17.3 Å². The molecule has 4 aromatic rings. The predicted octanol–water partition coefficient (Wildman–Crippen LogP) is 4.44. The van der Waals surface area contributed by atoms with Gasteiger partial charge in [-0.1, -0.05) is 37.3 Å². The second-order valence-corrected chi connectivity index (χ2v) is 8.95. The number of likely N-dealkylation sites (N-methyl/N-ethyl adjacent to an activating group) is 1. The Morgan fingerprint density at radius 3 is 2.46 bits per heavy atom. The molecule has 2 heterocycles. The van der Waals surface area contributed by atoms with Crippen LogP contribution in [0.2, 0.25) is 0 Å². The summed E-state index contributed by atoms with van der Waals surface area (Å²) in [6.45, 7) is 7.59. The number of nitrogens with zero attached hydrogens (tertiary/aromatic N) is 5. The average molecular weight is 492 g/mol. The summed E-state index contributed by atoms with van der Waals surface area (Å²) < 4.78 is 0. The molecule has 1 aromatic heterocycles. The number of para-hydroxylation sites is 1. The van der Waals surface area contributed by atoms with Crippen molar-refractivity contribution < 1.29 is 4.79 Å². The number of carbonyl (C=O) groups excluding carboxylic acids is 1. The van der Waals surface area contributed by atoms with Crippen molar-refractivity contribution in [3.05, 3.63) is 78.5 Å². The van der Waals surface area contributed by atoms with Crippen molar-refractivity contribution in [2.45, 2.75) is 6.92 Å². The Balaban J connectivity index is 1.33. The first-order chi connectivity index (χ1) is 18.1. The molecule has 0 spiro atoms. The maximum absolute atomic E-state index is 12.1. The molecule has 0 bridgehead atoms. The smallest absolute Gasteiger partial charge is 0.252 e. The SMILES string of the molecule is CCN1CCN(c2ccc(Nc3ncc4cccc(-c5ccc(C(=O)NCC#N)cc5)c4n3)cc2)CC1. The number of aromatic nitrogens is 2. The highest BCUT2D eigenvalue weighted by atomic mass is 16.1. The van der Waals surface area contributed by atoms with Crippen molar-refractivity contribution in [3.8, 4) is 17.2 Å². The van der Waals surface area contributed by atoms with Crippen LogP contribution in [0.15, 0.2) is 72.9 Å². The summed E-state index contributed by atoms with van der Waals surface area (Å²) in [6.07, 6.45) is 1.82. The number of nitriles is 1. The lowest BCUT2D eigenvalue weighted by Crippen LogP contribution is -2.46. The van der Waals surface area contributed by atoms with Crippen molar-refractivity contribution in [3.63, 3.8) is 0 Å². The summed E-state index contributed by atoms with van der Waals surface area (Å²) >= 11 is 0. The minimum atomic E-state index is -0.269. The zero-order chi connectivity index (χ0) is 25.6. The molecule has 8 nitrogen and oxygen atoms in total. The Bertz CT molecular complexity index is 1420. The van der Waals surface area contributed by atoms with E-state index in [4.69, 9.17) is 10.2 Å². The van der Waals surface area contributed by atoms with Gasteiger partial charge in [-0.2, -0.15) is 5.26 Å². The molecule has 1 aliphatic rings. The number of fused-ring (bicyclic) bond motifs is 1. The molecule has 1 aliphatic heterocycles. The van der Waals surface area contributed by atoms with E-state index in [1.54, 1.807) is 12.1 Å². The van der Waals surface area contributed by atoms with Crippen molar-refractivity contribution in [1.29, 1.82) is 5.26 Å². The summed E-state index contributed by atoms with van der Waals surface area (Å²) in [7, 11) is 0. The number of carbonyl (C=O) groups is 1. The summed E-state index contributed by atoms with van der Waals surface area (Å²) in [6, 6.07) is 23.6. The topological polar surface area (TPSA) is 97.2 Å². The van der Waals surface area contributed by atoms with Crippen molar-refractivity contribution in [2.24, 2.45) is 0 Å². The van der Waals surface area contributed by atoms with Crippen LogP contribution in [0.5, 0.6) is 0 Å². The minimum absolute atomic E-state index is 0.0186. The normalized spacial score (nSPS) is 13.8. The van der Waals surface area contributed by atoms with Crippen LogP contribution in [0, 0.1) is 11.3 Å². The number of piperazine rings is 1. The summed E-state index contributed by atoms with van der Waals surface area (Å²) in [5, 5.41) is 15.5. The number of benzene rings is 3. The maximum Gasteiger partial charge on any atom is 0.252 e. The third-order valence-corrected chi connectivity index (χ3v) is 6.71. The van der Waals surface area contributed by atoms with E-state index in [0.29, 0.717) is 11.5 Å². The number of rotatable bonds is 7. The second-order valence-electron chi connectivity index (χ2n) is 8.95. The van der Waals surface area contributed by atoms with Crippen LogP contribution in [0.3, 0.4) is 0 Å².